The third-order valence-corrected chi connectivity index (χ3v) is 4.14. The van der Waals surface area contributed by atoms with Crippen molar-refractivity contribution >= 4 is 5.97 Å². The van der Waals surface area contributed by atoms with Crippen LogP contribution in [0.1, 0.15) is 23.3 Å². The maximum atomic E-state index is 11.0. The predicted octanol–water partition coefficient (Wildman–Crippen LogP) is 2.52. The Morgan fingerprint density at radius 3 is 2.75 bits per heavy atom. The molecule has 0 amide bonds. The Bertz CT molecular complexity index is 720. The molecule has 0 radical (unpaired) electrons. The molecule has 1 aliphatic heterocycles. The second-order valence-electron chi connectivity index (χ2n) is 5.84. The number of carbonyl (C=O) groups is 1. The Kier molecular flexibility index (Phi) is 4.71. The number of nitrogens with zero attached hydrogens (tertiary/aromatic N) is 2. The second-order valence-corrected chi connectivity index (χ2v) is 5.84. The monoisotopic (exact) mass is 332 g/mol. The molecule has 7 nitrogen and oxygen atoms in total. The highest BCUT2D eigenvalue weighted by molar-refractivity contribution is 5.87. The van der Waals surface area contributed by atoms with E-state index < -0.39 is 5.97 Å². The summed E-state index contributed by atoms with van der Waals surface area (Å²) >= 11 is 0. The van der Waals surface area contributed by atoms with Crippen molar-refractivity contribution in [1.82, 2.24) is 10.1 Å². The fraction of sp³-hybridized carbons (Fsp3) is 0.412. The first-order valence-electron chi connectivity index (χ1n) is 7.81. The maximum Gasteiger partial charge on any atom is 0.358 e. The highest BCUT2D eigenvalue weighted by Crippen LogP contribution is 2.39. The van der Waals surface area contributed by atoms with Gasteiger partial charge in [0, 0.05) is 19.2 Å². The van der Waals surface area contributed by atoms with Crippen LogP contribution in [0.25, 0.3) is 11.3 Å². The van der Waals surface area contributed by atoms with E-state index in [0.29, 0.717) is 22.8 Å². The van der Waals surface area contributed by atoms with Gasteiger partial charge < -0.3 is 24.0 Å². The Morgan fingerprint density at radius 2 is 2.12 bits per heavy atom. The molecule has 1 aromatic carbocycles. The van der Waals surface area contributed by atoms with Crippen LogP contribution in [0.15, 0.2) is 28.8 Å². The molecule has 3 rings (SSSR count). The van der Waals surface area contributed by atoms with E-state index in [0.717, 1.165) is 25.9 Å². The van der Waals surface area contributed by atoms with Crippen molar-refractivity contribution in [3.05, 3.63) is 30.0 Å². The van der Waals surface area contributed by atoms with E-state index in [1.165, 1.54) is 6.07 Å². The van der Waals surface area contributed by atoms with Crippen LogP contribution in [-0.2, 0) is 0 Å². The predicted molar refractivity (Wildman–Crippen MR) is 86.6 cm³/mol. The number of benzene rings is 1. The molecule has 0 unspecified atom stereocenters. The van der Waals surface area contributed by atoms with Gasteiger partial charge >= 0.3 is 5.97 Å². The number of ether oxygens (including phenoxy) is 2. The first-order chi connectivity index (χ1) is 11.6. The summed E-state index contributed by atoms with van der Waals surface area (Å²) in [4.78, 5) is 13.2. The van der Waals surface area contributed by atoms with Crippen molar-refractivity contribution in [2.45, 2.75) is 18.9 Å². The summed E-state index contributed by atoms with van der Waals surface area (Å²) < 4.78 is 16.7. The molecule has 2 aromatic rings. The quantitative estimate of drug-likeness (QED) is 0.900. The number of carboxylic acids is 1. The largest absolute Gasteiger partial charge is 0.492 e. The molecule has 1 N–H and O–H groups in total. The van der Waals surface area contributed by atoms with Gasteiger partial charge in [-0.2, -0.15) is 0 Å². The zero-order valence-corrected chi connectivity index (χ0v) is 13.7. The van der Waals surface area contributed by atoms with Crippen molar-refractivity contribution in [3.63, 3.8) is 0 Å². The average Bonchev–Trinajstić information content (AvgIpc) is 3.07. The lowest BCUT2D eigenvalue weighted by molar-refractivity contribution is 0.0686. The fourth-order valence-electron chi connectivity index (χ4n) is 2.80. The number of aromatic nitrogens is 1. The second kappa shape index (κ2) is 6.92. The lowest BCUT2D eigenvalue weighted by Crippen LogP contribution is -2.35. The number of likely N-dealkylation sites (tertiary alicyclic amines) is 1. The van der Waals surface area contributed by atoms with Gasteiger partial charge in [0.1, 0.15) is 6.10 Å². The van der Waals surface area contributed by atoms with Crippen LogP contribution < -0.4 is 9.47 Å². The number of hydrogen-bond donors (Lipinski definition) is 1. The lowest BCUT2D eigenvalue weighted by Gasteiger charge is -2.29. The number of rotatable bonds is 5. The van der Waals surface area contributed by atoms with Crippen LogP contribution in [0.3, 0.4) is 0 Å². The Hall–Kier alpha value is -2.54. The fourth-order valence-corrected chi connectivity index (χ4v) is 2.80. The molecule has 0 atom stereocenters. The van der Waals surface area contributed by atoms with Gasteiger partial charge in [0.2, 0.25) is 0 Å². The summed E-state index contributed by atoms with van der Waals surface area (Å²) in [5.41, 5.74) is 0.469. The number of piperidine rings is 1. The van der Waals surface area contributed by atoms with E-state index in [9.17, 15) is 4.79 Å². The summed E-state index contributed by atoms with van der Waals surface area (Å²) in [6, 6.07) is 6.83. The van der Waals surface area contributed by atoms with Gasteiger partial charge in [0.05, 0.1) is 12.7 Å². The van der Waals surface area contributed by atoms with E-state index in [4.69, 9.17) is 19.1 Å². The third kappa shape index (κ3) is 3.35. The minimum atomic E-state index is -1.14. The van der Waals surface area contributed by atoms with E-state index in [1.807, 2.05) is 12.1 Å². The summed E-state index contributed by atoms with van der Waals surface area (Å²) in [5, 5.41) is 12.5. The molecular formula is C17H20N2O5. The van der Waals surface area contributed by atoms with E-state index >= 15 is 0 Å². The molecule has 1 fully saturated rings. The first-order valence-corrected chi connectivity index (χ1v) is 7.81. The molecular weight excluding hydrogens is 312 g/mol. The molecule has 1 aromatic heterocycles. The molecule has 0 bridgehead atoms. The number of carboxylic acid groups (broad SMARTS) is 1. The molecule has 128 valence electrons. The molecule has 24 heavy (non-hydrogen) atoms. The molecule has 1 aliphatic rings. The number of aromatic carboxylic acids is 1. The summed E-state index contributed by atoms with van der Waals surface area (Å²) in [6.45, 7) is 1.99. The summed E-state index contributed by atoms with van der Waals surface area (Å²) in [6.07, 6.45) is 2.04. The van der Waals surface area contributed by atoms with Crippen LogP contribution in [-0.4, -0.2) is 54.5 Å². The van der Waals surface area contributed by atoms with Gasteiger partial charge in [-0.3, -0.25) is 0 Å². The highest BCUT2D eigenvalue weighted by atomic mass is 16.5. The lowest BCUT2D eigenvalue weighted by atomic mass is 10.1. The minimum Gasteiger partial charge on any atom is -0.492 e. The summed E-state index contributed by atoms with van der Waals surface area (Å²) in [7, 11) is 3.65. The number of methoxy groups -OCH3 is 1. The van der Waals surface area contributed by atoms with Crippen molar-refractivity contribution in [2.24, 2.45) is 0 Å². The van der Waals surface area contributed by atoms with Gasteiger partial charge in [-0.05, 0) is 32.0 Å². The highest BCUT2D eigenvalue weighted by Gasteiger charge is 2.22. The van der Waals surface area contributed by atoms with Gasteiger partial charge in [0.15, 0.2) is 23.0 Å². The van der Waals surface area contributed by atoms with Gasteiger partial charge in [-0.25, -0.2) is 4.79 Å². The molecule has 1 saturated heterocycles. The maximum absolute atomic E-state index is 11.0. The smallest absolute Gasteiger partial charge is 0.358 e. The van der Waals surface area contributed by atoms with Gasteiger partial charge in [0.25, 0.3) is 0 Å². The average molecular weight is 332 g/mol. The van der Waals surface area contributed by atoms with E-state index in [1.54, 1.807) is 13.2 Å². The molecule has 0 aliphatic carbocycles. The normalized spacial score (nSPS) is 16.1. The van der Waals surface area contributed by atoms with E-state index in [2.05, 4.69) is 17.1 Å². The van der Waals surface area contributed by atoms with Crippen LogP contribution in [0.2, 0.25) is 0 Å². The topological polar surface area (TPSA) is 85.0 Å². The summed E-state index contributed by atoms with van der Waals surface area (Å²) in [5.74, 6) is 0.336. The van der Waals surface area contributed by atoms with Crippen molar-refractivity contribution in [2.75, 3.05) is 27.2 Å². The van der Waals surface area contributed by atoms with Gasteiger partial charge in [-0.15, -0.1) is 0 Å². The number of para-hydroxylation sites is 1. The zero-order chi connectivity index (χ0) is 17.1. The zero-order valence-electron chi connectivity index (χ0n) is 13.7. The van der Waals surface area contributed by atoms with Gasteiger partial charge in [-0.1, -0.05) is 11.2 Å². The van der Waals surface area contributed by atoms with Crippen molar-refractivity contribution < 1.29 is 23.9 Å². The molecule has 2 heterocycles. The van der Waals surface area contributed by atoms with Crippen molar-refractivity contribution in [3.8, 4) is 22.8 Å². The Morgan fingerprint density at radius 1 is 1.38 bits per heavy atom. The Labute approximate surface area is 139 Å². The van der Waals surface area contributed by atoms with E-state index in [-0.39, 0.29) is 11.8 Å². The minimum absolute atomic E-state index is 0.134. The van der Waals surface area contributed by atoms with Crippen LogP contribution >= 0.6 is 0 Å². The Balaban J connectivity index is 1.86. The van der Waals surface area contributed by atoms with Crippen LogP contribution in [0.5, 0.6) is 11.5 Å². The molecule has 7 heteroatoms. The standard InChI is InChI=1S/C17H20N2O5/c1-19-8-6-11(7-9-19)23-14-5-3-4-12(16(14)22-2)15-10-13(17(20)21)18-24-15/h3-5,10-11H,6-9H2,1-2H3,(H,20,21). The number of hydrogen-bond acceptors (Lipinski definition) is 6. The first kappa shape index (κ1) is 16.3. The van der Waals surface area contributed by atoms with Crippen LogP contribution in [0, 0.1) is 0 Å². The SMILES string of the molecule is COc1c(OC2CCN(C)CC2)cccc1-c1cc(C(=O)O)no1. The third-order valence-electron chi connectivity index (χ3n) is 4.14. The molecule has 0 spiro atoms. The van der Waals surface area contributed by atoms with Crippen LogP contribution in [0.4, 0.5) is 0 Å². The van der Waals surface area contributed by atoms with Crippen molar-refractivity contribution in [1.29, 1.82) is 0 Å². The molecule has 0 saturated carbocycles.